The maximum Gasteiger partial charge on any atom is 0.319 e. The van der Waals surface area contributed by atoms with Crippen LogP contribution in [-0.2, 0) is 18.9 Å². The molecule has 0 radical (unpaired) electrons. The first-order valence-corrected chi connectivity index (χ1v) is 8.10. The van der Waals surface area contributed by atoms with Gasteiger partial charge >= 0.3 is 6.03 Å². The van der Waals surface area contributed by atoms with Gasteiger partial charge in [0.15, 0.2) is 0 Å². The van der Waals surface area contributed by atoms with Crippen molar-refractivity contribution in [2.75, 3.05) is 65.2 Å². The Labute approximate surface area is 149 Å². The van der Waals surface area contributed by atoms with Crippen molar-refractivity contribution in [3.8, 4) is 12.3 Å². The van der Waals surface area contributed by atoms with Gasteiger partial charge in [0.25, 0.3) is 0 Å². The van der Waals surface area contributed by atoms with E-state index in [0.29, 0.717) is 58.5 Å². The summed E-state index contributed by atoms with van der Waals surface area (Å²) >= 11 is 0. The molecular weight excluding hydrogens is 324 g/mol. The minimum Gasteiger partial charge on any atom is -0.382 e. The number of ether oxygens (including phenoxy) is 4. The van der Waals surface area contributed by atoms with Crippen LogP contribution in [0.25, 0.3) is 0 Å². The van der Waals surface area contributed by atoms with Crippen molar-refractivity contribution in [1.82, 2.24) is 5.32 Å². The number of terminal acetylenes is 1. The predicted octanol–water partition coefficient (Wildman–Crippen LogP) is 1.49. The fraction of sp³-hybridized carbons (Fsp3) is 0.500. The highest BCUT2D eigenvalue weighted by atomic mass is 16.6. The molecular formula is C18H26N2O5. The minimum atomic E-state index is -0.290. The zero-order valence-corrected chi connectivity index (χ0v) is 14.6. The van der Waals surface area contributed by atoms with Crippen LogP contribution in [0, 0.1) is 12.3 Å². The molecule has 0 heterocycles. The van der Waals surface area contributed by atoms with Crippen LogP contribution < -0.4 is 10.6 Å². The molecule has 0 saturated carbocycles. The molecule has 1 aromatic rings. The van der Waals surface area contributed by atoms with E-state index in [1.165, 1.54) is 0 Å². The number of methoxy groups -OCH3 is 1. The van der Waals surface area contributed by atoms with E-state index < -0.39 is 0 Å². The fourth-order valence-electron chi connectivity index (χ4n) is 1.75. The van der Waals surface area contributed by atoms with Crippen molar-refractivity contribution in [2.24, 2.45) is 0 Å². The van der Waals surface area contributed by atoms with Gasteiger partial charge in [-0.25, -0.2) is 4.79 Å². The molecule has 0 aliphatic heterocycles. The van der Waals surface area contributed by atoms with E-state index in [9.17, 15) is 4.79 Å². The minimum absolute atomic E-state index is 0.290. The monoisotopic (exact) mass is 350 g/mol. The lowest BCUT2D eigenvalue weighted by Gasteiger charge is -2.09. The fourth-order valence-corrected chi connectivity index (χ4v) is 1.75. The van der Waals surface area contributed by atoms with E-state index in [1.54, 1.807) is 31.4 Å². The summed E-state index contributed by atoms with van der Waals surface area (Å²) in [6.07, 6.45) is 5.27. The van der Waals surface area contributed by atoms with Gasteiger partial charge in [-0.1, -0.05) is 5.92 Å². The lowest BCUT2D eigenvalue weighted by Crippen LogP contribution is -2.31. The normalized spacial score (nSPS) is 10.2. The number of rotatable bonds is 13. The van der Waals surface area contributed by atoms with Gasteiger partial charge < -0.3 is 29.6 Å². The summed E-state index contributed by atoms with van der Waals surface area (Å²) in [7, 11) is 1.63. The molecule has 0 saturated heterocycles. The van der Waals surface area contributed by atoms with E-state index in [2.05, 4.69) is 16.6 Å². The molecule has 0 atom stereocenters. The summed E-state index contributed by atoms with van der Waals surface area (Å²) in [6, 6.07) is 6.74. The number of anilines is 1. The number of amides is 2. The van der Waals surface area contributed by atoms with Crippen LogP contribution in [0.15, 0.2) is 24.3 Å². The van der Waals surface area contributed by atoms with Gasteiger partial charge in [-0.05, 0) is 24.3 Å². The molecule has 0 unspecified atom stereocenters. The van der Waals surface area contributed by atoms with E-state index in [0.717, 1.165) is 5.56 Å². The summed E-state index contributed by atoms with van der Waals surface area (Å²) < 4.78 is 20.8. The number of hydrogen-bond acceptors (Lipinski definition) is 5. The smallest absolute Gasteiger partial charge is 0.319 e. The van der Waals surface area contributed by atoms with E-state index in [1.807, 2.05) is 0 Å². The van der Waals surface area contributed by atoms with Crippen molar-refractivity contribution in [3.05, 3.63) is 29.8 Å². The summed E-state index contributed by atoms with van der Waals surface area (Å²) in [6.45, 7) is 3.99. The van der Waals surface area contributed by atoms with Crippen LogP contribution in [0.3, 0.4) is 0 Å². The first kappa shape index (κ1) is 20.9. The number of urea groups is 1. The number of benzene rings is 1. The van der Waals surface area contributed by atoms with Crippen LogP contribution >= 0.6 is 0 Å². The summed E-state index contributed by atoms with van der Waals surface area (Å²) in [5.74, 6) is 2.52. The molecule has 0 aliphatic carbocycles. The van der Waals surface area contributed by atoms with Crippen LogP contribution in [-0.4, -0.2) is 65.9 Å². The van der Waals surface area contributed by atoms with Crippen LogP contribution in [0.4, 0.5) is 10.5 Å². The topological polar surface area (TPSA) is 78.1 Å². The number of nitrogens with one attached hydrogen (secondary N) is 2. The zero-order valence-electron chi connectivity index (χ0n) is 14.6. The third kappa shape index (κ3) is 11.1. The second-order valence-corrected chi connectivity index (χ2v) is 4.93. The molecule has 25 heavy (non-hydrogen) atoms. The van der Waals surface area contributed by atoms with Gasteiger partial charge in [0.1, 0.15) is 0 Å². The average molecular weight is 350 g/mol. The molecule has 0 spiro atoms. The first-order valence-electron chi connectivity index (χ1n) is 8.10. The van der Waals surface area contributed by atoms with Gasteiger partial charge in [0.05, 0.1) is 46.2 Å². The van der Waals surface area contributed by atoms with E-state index >= 15 is 0 Å². The molecule has 2 N–H and O–H groups in total. The quantitative estimate of drug-likeness (QED) is 0.416. The molecule has 1 aromatic carbocycles. The first-order chi connectivity index (χ1) is 12.3. The van der Waals surface area contributed by atoms with Crippen molar-refractivity contribution >= 4 is 11.7 Å². The molecule has 0 aliphatic rings. The Kier molecular flexibility index (Phi) is 11.9. The third-order valence-electron chi connectivity index (χ3n) is 3.02. The molecule has 7 heteroatoms. The Balaban J connectivity index is 1.92. The molecule has 7 nitrogen and oxygen atoms in total. The molecule has 0 fully saturated rings. The number of hydrogen-bond donors (Lipinski definition) is 2. The third-order valence-corrected chi connectivity index (χ3v) is 3.02. The van der Waals surface area contributed by atoms with Crippen molar-refractivity contribution in [3.63, 3.8) is 0 Å². The van der Waals surface area contributed by atoms with Gasteiger partial charge in [0.2, 0.25) is 0 Å². The van der Waals surface area contributed by atoms with Gasteiger partial charge in [-0.15, -0.1) is 6.42 Å². The van der Waals surface area contributed by atoms with Crippen LogP contribution in [0.5, 0.6) is 0 Å². The second kappa shape index (κ2) is 14.3. The van der Waals surface area contributed by atoms with E-state index in [4.69, 9.17) is 25.4 Å². The van der Waals surface area contributed by atoms with Crippen molar-refractivity contribution in [2.45, 2.75) is 0 Å². The average Bonchev–Trinajstić information content (AvgIpc) is 2.63. The van der Waals surface area contributed by atoms with Crippen LogP contribution in [0.1, 0.15) is 5.56 Å². The molecule has 0 bridgehead atoms. The molecule has 2 amide bonds. The molecule has 1 rings (SSSR count). The zero-order chi connectivity index (χ0) is 18.2. The maximum absolute atomic E-state index is 11.7. The molecule has 0 aromatic heterocycles. The van der Waals surface area contributed by atoms with Gasteiger partial charge in [0, 0.05) is 24.9 Å². The van der Waals surface area contributed by atoms with Crippen molar-refractivity contribution in [1.29, 1.82) is 0 Å². The Morgan fingerprint density at radius 2 is 1.52 bits per heavy atom. The van der Waals surface area contributed by atoms with Gasteiger partial charge in [-0.3, -0.25) is 0 Å². The van der Waals surface area contributed by atoms with Crippen LogP contribution in [0.2, 0.25) is 0 Å². The Morgan fingerprint density at radius 3 is 2.08 bits per heavy atom. The highest BCUT2D eigenvalue weighted by Gasteiger charge is 2.00. The van der Waals surface area contributed by atoms with E-state index in [-0.39, 0.29) is 6.03 Å². The maximum atomic E-state index is 11.7. The summed E-state index contributed by atoms with van der Waals surface area (Å²) in [5.41, 5.74) is 1.45. The Hall–Kier alpha value is -2.11. The number of carbonyl (C=O) groups excluding carboxylic acids is 1. The Morgan fingerprint density at radius 1 is 0.960 bits per heavy atom. The highest BCUT2D eigenvalue weighted by molar-refractivity contribution is 5.89. The lowest BCUT2D eigenvalue weighted by molar-refractivity contribution is 0.00431. The Bertz CT molecular complexity index is 513. The standard InChI is InChI=1S/C18H26N2O5/c1-3-16-4-6-17(7-5-16)20-18(21)19-8-9-23-12-13-25-15-14-24-11-10-22-2/h1,4-7H,8-15H2,2H3,(H2,19,20,21). The highest BCUT2D eigenvalue weighted by Crippen LogP contribution is 2.08. The van der Waals surface area contributed by atoms with Gasteiger partial charge in [-0.2, -0.15) is 0 Å². The largest absolute Gasteiger partial charge is 0.382 e. The summed E-state index contributed by atoms with van der Waals surface area (Å²) in [5, 5.41) is 5.41. The number of carbonyl (C=O) groups is 1. The summed E-state index contributed by atoms with van der Waals surface area (Å²) in [4.78, 5) is 11.7. The van der Waals surface area contributed by atoms with Crippen molar-refractivity contribution < 1.29 is 23.7 Å². The predicted molar refractivity (Wildman–Crippen MR) is 95.7 cm³/mol. The second-order valence-electron chi connectivity index (χ2n) is 4.93. The molecule has 138 valence electrons. The SMILES string of the molecule is C#Cc1ccc(NC(=O)NCCOCCOCCOCCOC)cc1. The lowest BCUT2D eigenvalue weighted by atomic mass is 10.2.